The molecule has 0 aliphatic heterocycles. The van der Waals surface area contributed by atoms with Crippen molar-refractivity contribution in [3.8, 4) is 16.3 Å². The number of hydrogen-bond acceptors (Lipinski definition) is 5. The summed E-state index contributed by atoms with van der Waals surface area (Å²) in [5.41, 5.74) is 2.55. The van der Waals surface area contributed by atoms with Crippen LogP contribution in [-0.2, 0) is 0 Å². The Morgan fingerprint density at radius 1 is 1.18 bits per heavy atom. The maximum absolute atomic E-state index is 12.6. The van der Waals surface area contributed by atoms with E-state index in [-0.39, 0.29) is 12.4 Å². The Morgan fingerprint density at radius 2 is 1.95 bits per heavy atom. The van der Waals surface area contributed by atoms with Crippen molar-refractivity contribution in [2.45, 2.75) is 6.04 Å². The van der Waals surface area contributed by atoms with Gasteiger partial charge in [0, 0.05) is 11.3 Å². The van der Waals surface area contributed by atoms with E-state index in [0.29, 0.717) is 0 Å². The normalized spacial score (nSPS) is 12.5. The van der Waals surface area contributed by atoms with Gasteiger partial charge < -0.3 is 15.5 Å². The number of halogens is 1. The molecule has 3 N–H and O–H groups in total. The Labute approximate surface area is 130 Å². The van der Waals surface area contributed by atoms with Crippen LogP contribution in [0.5, 0.6) is 5.75 Å². The molecule has 114 valence electrons. The van der Waals surface area contributed by atoms with Gasteiger partial charge in [0.1, 0.15) is 17.4 Å². The van der Waals surface area contributed by atoms with E-state index in [1.54, 1.807) is 18.2 Å². The minimum atomic E-state index is -0.625. The topological polar surface area (TPSA) is 65.4 Å². The number of aliphatic hydroxyl groups excluding tert-OH is 1. The lowest BCUT2D eigenvalue weighted by molar-refractivity contribution is 0.252. The van der Waals surface area contributed by atoms with Gasteiger partial charge in [0.25, 0.3) is 0 Å². The molecule has 3 aromatic rings. The quantitative estimate of drug-likeness (QED) is 0.674. The third-order valence-corrected chi connectivity index (χ3v) is 4.35. The van der Waals surface area contributed by atoms with Crippen molar-refractivity contribution in [1.29, 1.82) is 0 Å². The first-order valence-electron chi connectivity index (χ1n) is 6.83. The van der Waals surface area contributed by atoms with Gasteiger partial charge in [0.2, 0.25) is 0 Å². The molecule has 4 nitrogen and oxygen atoms in total. The summed E-state index contributed by atoms with van der Waals surface area (Å²) in [5.74, 6) is 0.225. The van der Waals surface area contributed by atoms with Crippen LogP contribution in [0, 0.1) is 0 Å². The smallest absolute Gasteiger partial charge is 0.124 e. The fraction of sp³-hybridized carbons (Fsp3) is 0.188. The molecule has 1 aromatic heterocycles. The van der Waals surface area contributed by atoms with Gasteiger partial charge in [0.05, 0.1) is 22.9 Å². The summed E-state index contributed by atoms with van der Waals surface area (Å²) in [5, 5.41) is 22.3. The van der Waals surface area contributed by atoms with Crippen LogP contribution in [0.4, 0.5) is 10.1 Å². The van der Waals surface area contributed by atoms with Crippen LogP contribution >= 0.6 is 11.3 Å². The maximum atomic E-state index is 12.6. The average molecular weight is 318 g/mol. The molecular weight excluding hydrogens is 303 g/mol. The number of fused-ring (bicyclic) bond motifs is 1. The fourth-order valence-electron chi connectivity index (χ4n) is 2.11. The number of phenolic OH excluding ortho intramolecular Hbond substituents is 1. The molecule has 3 rings (SSSR count). The summed E-state index contributed by atoms with van der Waals surface area (Å²) >= 11 is 1.50. The van der Waals surface area contributed by atoms with Crippen LogP contribution in [0.25, 0.3) is 20.8 Å². The van der Waals surface area contributed by atoms with Gasteiger partial charge in [-0.1, -0.05) is 0 Å². The number of aliphatic hydroxyl groups is 1. The van der Waals surface area contributed by atoms with Crippen molar-refractivity contribution in [3.05, 3.63) is 42.5 Å². The zero-order valence-corrected chi connectivity index (χ0v) is 12.5. The van der Waals surface area contributed by atoms with E-state index in [4.69, 9.17) is 5.11 Å². The molecule has 0 spiro atoms. The van der Waals surface area contributed by atoms with Crippen molar-refractivity contribution >= 4 is 27.2 Å². The van der Waals surface area contributed by atoms with E-state index in [0.717, 1.165) is 26.5 Å². The first kappa shape index (κ1) is 14.7. The molecule has 1 atom stereocenters. The maximum Gasteiger partial charge on any atom is 0.124 e. The summed E-state index contributed by atoms with van der Waals surface area (Å²) in [6.07, 6.45) is 0. The van der Waals surface area contributed by atoms with Crippen LogP contribution in [0.2, 0.25) is 0 Å². The highest BCUT2D eigenvalue weighted by Gasteiger charge is 2.09. The van der Waals surface area contributed by atoms with Gasteiger partial charge >= 0.3 is 0 Å². The number of aromatic hydroxyl groups is 1. The zero-order valence-electron chi connectivity index (χ0n) is 11.7. The number of thiazole rings is 1. The number of nitrogens with one attached hydrogen (secondary N) is 1. The number of aromatic nitrogens is 1. The largest absolute Gasteiger partial charge is 0.508 e. The van der Waals surface area contributed by atoms with Crippen LogP contribution in [-0.4, -0.2) is 34.5 Å². The predicted octanol–water partition coefficient (Wildman–Crippen LogP) is 3.41. The minimum absolute atomic E-state index is 0.225. The number of rotatable bonds is 5. The molecule has 0 aliphatic carbocycles. The first-order chi connectivity index (χ1) is 10.7. The highest BCUT2D eigenvalue weighted by molar-refractivity contribution is 7.21. The summed E-state index contributed by atoms with van der Waals surface area (Å²) in [4.78, 5) is 4.53. The second kappa shape index (κ2) is 6.29. The molecule has 6 heteroatoms. The van der Waals surface area contributed by atoms with E-state index in [1.807, 2.05) is 24.3 Å². The van der Waals surface area contributed by atoms with E-state index >= 15 is 0 Å². The number of phenols is 1. The van der Waals surface area contributed by atoms with E-state index < -0.39 is 12.7 Å². The summed E-state index contributed by atoms with van der Waals surface area (Å²) < 4.78 is 13.5. The van der Waals surface area contributed by atoms with Crippen LogP contribution in [0.15, 0.2) is 42.5 Å². The molecule has 22 heavy (non-hydrogen) atoms. The monoisotopic (exact) mass is 318 g/mol. The zero-order chi connectivity index (χ0) is 15.5. The molecule has 0 aliphatic rings. The molecule has 0 saturated heterocycles. The molecule has 0 amide bonds. The standard InChI is InChI=1S/C16H15FN2O2S/c17-8-12(9-20)18-11-3-1-10(2-4-11)16-19-14-6-5-13(21)7-15(14)22-16/h1-7,12,18,20-21H,8-9H2. The third-order valence-electron chi connectivity index (χ3n) is 3.28. The van der Waals surface area contributed by atoms with Crippen molar-refractivity contribution in [2.75, 3.05) is 18.6 Å². The van der Waals surface area contributed by atoms with Crippen LogP contribution in [0.1, 0.15) is 0 Å². The Kier molecular flexibility index (Phi) is 4.22. The van der Waals surface area contributed by atoms with Crippen molar-refractivity contribution in [3.63, 3.8) is 0 Å². The van der Waals surface area contributed by atoms with Gasteiger partial charge in [-0.25, -0.2) is 9.37 Å². The molecule has 1 heterocycles. The Morgan fingerprint density at radius 3 is 2.64 bits per heavy atom. The van der Waals surface area contributed by atoms with Crippen LogP contribution < -0.4 is 5.32 Å². The summed E-state index contributed by atoms with van der Waals surface area (Å²) in [6.45, 7) is -0.876. The Hall–Kier alpha value is -2.18. The Balaban J connectivity index is 1.84. The average Bonchev–Trinajstić information content (AvgIpc) is 2.96. The lowest BCUT2D eigenvalue weighted by Gasteiger charge is -2.13. The van der Waals surface area contributed by atoms with E-state index in [1.165, 1.54) is 11.3 Å². The summed E-state index contributed by atoms with van der Waals surface area (Å²) in [6, 6.07) is 12.0. The SMILES string of the molecule is OCC(CF)Nc1ccc(-c2nc3ccc(O)cc3s2)cc1. The minimum Gasteiger partial charge on any atom is -0.508 e. The van der Waals surface area contributed by atoms with Gasteiger partial charge in [0.15, 0.2) is 0 Å². The van der Waals surface area contributed by atoms with Gasteiger partial charge in [-0.15, -0.1) is 11.3 Å². The van der Waals surface area contributed by atoms with Crippen molar-refractivity contribution < 1.29 is 14.6 Å². The molecule has 0 saturated carbocycles. The highest BCUT2D eigenvalue weighted by atomic mass is 32.1. The molecular formula is C16H15FN2O2S. The highest BCUT2D eigenvalue weighted by Crippen LogP contribution is 2.32. The third kappa shape index (κ3) is 3.03. The van der Waals surface area contributed by atoms with Crippen LogP contribution in [0.3, 0.4) is 0 Å². The van der Waals surface area contributed by atoms with Gasteiger partial charge in [-0.3, -0.25) is 0 Å². The first-order valence-corrected chi connectivity index (χ1v) is 7.64. The van der Waals surface area contributed by atoms with Gasteiger partial charge in [-0.05, 0) is 42.5 Å². The van der Waals surface area contributed by atoms with Crippen molar-refractivity contribution in [2.24, 2.45) is 0 Å². The predicted molar refractivity (Wildman–Crippen MR) is 87.2 cm³/mol. The molecule has 1 unspecified atom stereocenters. The van der Waals surface area contributed by atoms with Gasteiger partial charge in [-0.2, -0.15) is 0 Å². The van der Waals surface area contributed by atoms with E-state index in [2.05, 4.69) is 10.3 Å². The molecule has 0 radical (unpaired) electrons. The molecule has 0 bridgehead atoms. The molecule has 2 aromatic carbocycles. The second-order valence-corrected chi connectivity index (χ2v) is 5.96. The summed E-state index contributed by atoms with van der Waals surface area (Å²) in [7, 11) is 0. The van der Waals surface area contributed by atoms with E-state index in [9.17, 15) is 9.50 Å². The number of hydrogen-bond donors (Lipinski definition) is 3. The number of anilines is 1. The lowest BCUT2D eigenvalue weighted by Crippen LogP contribution is -2.25. The lowest BCUT2D eigenvalue weighted by atomic mass is 10.2. The number of benzene rings is 2. The number of alkyl halides is 1. The molecule has 0 fully saturated rings. The fourth-order valence-corrected chi connectivity index (χ4v) is 3.12. The number of nitrogens with zero attached hydrogens (tertiary/aromatic N) is 1. The Bertz CT molecular complexity index is 769. The second-order valence-electron chi connectivity index (χ2n) is 4.93. The van der Waals surface area contributed by atoms with Crippen molar-refractivity contribution in [1.82, 2.24) is 4.98 Å².